The number of hydrogen-bond acceptors (Lipinski definition) is 6. The average Bonchev–Trinajstić information content (AvgIpc) is 3.14. The van der Waals surface area contributed by atoms with Crippen molar-refractivity contribution in [1.29, 1.82) is 0 Å². The van der Waals surface area contributed by atoms with E-state index < -0.39 is 15.9 Å². The Kier molecular flexibility index (Phi) is 7.15. The number of aliphatic hydroxyl groups excluding tert-OH is 1. The molecule has 2 rings (SSSR count). The summed E-state index contributed by atoms with van der Waals surface area (Å²) >= 11 is 1.56. The summed E-state index contributed by atoms with van der Waals surface area (Å²) in [6.07, 6.45) is 1.11. The van der Waals surface area contributed by atoms with Gasteiger partial charge >= 0.3 is 0 Å². The molecule has 1 aromatic carbocycles. The molecule has 7 nitrogen and oxygen atoms in total. The predicted octanol–water partition coefficient (Wildman–Crippen LogP) is 1.69. The van der Waals surface area contributed by atoms with Crippen LogP contribution in [-0.2, 0) is 10.0 Å². The van der Waals surface area contributed by atoms with Crippen molar-refractivity contribution in [3.05, 3.63) is 46.2 Å². The lowest BCUT2D eigenvalue weighted by Crippen LogP contribution is -2.26. The number of thiophene rings is 1. The summed E-state index contributed by atoms with van der Waals surface area (Å²) in [6, 6.07) is 5.93. The minimum atomic E-state index is -3.79. The number of amides is 1. The zero-order chi connectivity index (χ0) is 19.2. The molecule has 0 aliphatic carbocycles. The molecular formula is C17H22N2O5S2. The Bertz CT molecular complexity index is 835. The molecule has 2 aromatic rings. The highest BCUT2D eigenvalue weighted by Crippen LogP contribution is 2.26. The molecule has 0 aliphatic heterocycles. The number of primary amides is 1. The zero-order valence-corrected chi connectivity index (χ0v) is 16.0. The zero-order valence-electron chi connectivity index (χ0n) is 14.3. The van der Waals surface area contributed by atoms with Crippen molar-refractivity contribution in [2.45, 2.75) is 23.7 Å². The second kappa shape index (κ2) is 9.13. The Hall–Kier alpha value is -1.94. The molecule has 1 aromatic heterocycles. The summed E-state index contributed by atoms with van der Waals surface area (Å²) in [5, 5.41) is 13.2. The summed E-state index contributed by atoms with van der Waals surface area (Å²) in [7, 11) is -2.42. The highest BCUT2D eigenvalue weighted by atomic mass is 32.2. The molecule has 0 bridgehead atoms. The summed E-state index contributed by atoms with van der Waals surface area (Å²) in [5.41, 5.74) is 6.37. The highest BCUT2D eigenvalue weighted by molar-refractivity contribution is 7.89. The summed E-state index contributed by atoms with van der Waals surface area (Å²) in [5.74, 6) is -0.470. The number of carbonyl (C=O) groups excluding carboxylic acids is 1. The van der Waals surface area contributed by atoms with Gasteiger partial charge in [-0.1, -0.05) is 0 Å². The minimum absolute atomic E-state index is 0.00630. The van der Waals surface area contributed by atoms with Crippen LogP contribution in [0.1, 0.15) is 34.7 Å². The lowest BCUT2D eigenvalue weighted by molar-refractivity contribution is 0.0997. The molecule has 0 fully saturated rings. The van der Waals surface area contributed by atoms with E-state index in [4.69, 9.17) is 10.5 Å². The van der Waals surface area contributed by atoms with Gasteiger partial charge in [0, 0.05) is 13.2 Å². The normalized spacial score (nSPS) is 12.7. The maximum Gasteiger partial charge on any atom is 0.252 e. The second-order valence-corrected chi connectivity index (χ2v) is 8.23. The average molecular weight is 399 g/mol. The number of sulfonamides is 1. The largest absolute Gasteiger partial charge is 0.496 e. The van der Waals surface area contributed by atoms with Gasteiger partial charge in [0.1, 0.15) is 5.75 Å². The lowest BCUT2D eigenvalue weighted by atomic mass is 9.95. The molecule has 1 heterocycles. The van der Waals surface area contributed by atoms with E-state index in [1.165, 1.54) is 25.3 Å². The maximum atomic E-state index is 12.5. The predicted molar refractivity (Wildman–Crippen MR) is 100 cm³/mol. The molecule has 9 heteroatoms. The Labute approximate surface area is 156 Å². The Morgan fingerprint density at radius 1 is 1.35 bits per heavy atom. The van der Waals surface area contributed by atoms with E-state index in [1.807, 2.05) is 16.8 Å². The van der Waals surface area contributed by atoms with Gasteiger partial charge in [0.15, 0.2) is 0 Å². The van der Waals surface area contributed by atoms with Gasteiger partial charge in [0.25, 0.3) is 5.91 Å². The molecule has 0 radical (unpaired) electrons. The van der Waals surface area contributed by atoms with Crippen LogP contribution >= 0.6 is 11.3 Å². The number of carbonyl (C=O) groups is 1. The summed E-state index contributed by atoms with van der Waals surface area (Å²) in [4.78, 5) is 11.4. The first kappa shape index (κ1) is 20.4. The van der Waals surface area contributed by atoms with Crippen LogP contribution in [0, 0.1) is 0 Å². The van der Waals surface area contributed by atoms with Crippen molar-refractivity contribution in [3.8, 4) is 5.75 Å². The Morgan fingerprint density at radius 2 is 2.12 bits per heavy atom. The van der Waals surface area contributed by atoms with Crippen molar-refractivity contribution >= 4 is 27.3 Å². The van der Waals surface area contributed by atoms with Crippen molar-refractivity contribution in [3.63, 3.8) is 0 Å². The molecule has 0 aliphatic rings. The van der Waals surface area contributed by atoms with Crippen LogP contribution in [-0.4, -0.2) is 39.7 Å². The minimum Gasteiger partial charge on any atom is -0.496 e. The van der Waals surface area contributed by atoms with Crippen molar-refractivity contribution in [2.75, 3.05) is 20.3 Å². The maximum absolute atomic E-state index is 12.5. The Balaban J connectivity index is 2.08. The van der Waals surface area contributed by atoms with Gasteiger partial charge in [-0.05, 0) is 59.3 Å². The molecule has 4 N–H and O–H groups in total. The van der Waals surface area contributed by atoms with Crippen LogP contribution < -0.4 is 15.2 Å². The van der Waals surface area contributed by atoms with Crippen molar-refractivity contribution in [2.24, 2.45) is 5.73 Å². The number of benzene rings is 1. The number of aliphatic hydroxyl groups is 1. The number of nitrogens with two attached hydrogens (primary N) is 1. The quantitative estimate of drug-likeness (QED) is 0.563. The van der Waals surface area contributed by atoms with E-state index in [0.717, 1.165) is 5.56 Å². The number of rotatable bonds is 10. The van der Waals surface area contributed by atoms with Crippen molar-refractivity contribution < 1.29 is 23.1 Å². The van der Waals surface area contributed by atoms with Crippen LogP contribution in [0.25, 0.3) is 0 Å². The molecule has 1 atom stereocenters. The van der Waals surface area contributed by atoms with Crippen LogP contribution in [0.5, 0.6) is 5.75 Å². The van der Waals surface area contributed by atoms with Crippen LogP contribution in [0.2, 0.25) is 0 Å². The van der Waals surface area contributed by atoms with Gasteiger partial charge in [-0.25, -0.2) is 13.1 Å². The monoisotopic (exact) mass is 398 g/mol. The molecule has 0 spiro atoms. The molecule has 1 amide bonds. The van der Waals surface area contributed by atoms with Gasteiger partial charge < -0.3 is 15.6 Å². The third kappa shape index (κ3) is 5.04. The molecule has 0 unspecified atom stereocenters. The standard InChI is InChI=1S/C17H22N2O5S2/c1-24-16-3-2-14(10-15(16)17(18)21)26(22,23)19-7-4-12(5-8-20)13-6-9-25-11-13/h2-3,6,9-12,19-20H,4-5,7-8H2,1H3,(H2,18,21)/t12-/m1/s1. The number of nitrogens with one attached hydrogen (secondary N) is 1. The number of ether oxygens (including phenoxy) is 1. The number of hydrogen-bond donors (Lipinski definition) is 3. The molecule has 0 saturated heterocycles. The van der Waals surface area contributed by atoms with E-state index in [-0.39, 0.29) is 35.3 Å². The topological polar surface area (TPSA) is 119 Å². The number of methoxy groups -OCH3 is 1. The van der Waals surface area contributed by atoms with Gasteiger partial charge in [0.2, 0.25) is 10.0 Å². The molecule has 26 heavy (non-hydrogen) atoms. The fourth-order valence-electron chi connectivity index (χ4n) is 2.64. The van der Waals surface area contributed by atoms with E-state index in [0.29, 0.717) is 12.8 Å². The second-order valence-electron chi connectivity index (χ2n) is 5.68. The lowest BCUT2D eigenvalue weighted by Gasteiger charge is -2.15. The van der Waals surface area contributed by atoms with Gasteiger partial charge in [-0.2, -0.15) is 11.3 Å². The van der Waals surface area contributed by atoms with Gasteiger partial charge in [-0.15, -0.1) is 0 Å². The van der Waals surface area contributed by atoms with E-state index >= 15 is 0 Å². The van der Waals surface area contributed by atoms with Gasteiger partial charge in [0.05, 0.1) is 17.6 Å². The van der Waals surface area contributed by atoms with Crippen LogP contribution in [0.15, 0.2) is 39.9 Å². The smallest absolute Gasteiger partial charge is 0.252 e. The first-order chi connectivity index (χ1) is 12.4. The molecule has 142 valence electrons. The van der Waals surface area contributed by atoms with E-state index in [2.05, 4.69) is 4.72 Å². The first-order valence-corrected chi connectivity index (χ1v) is 10.4. The van der Waals surface area contributed by atoms with E-state index in [9.17, 15) is 18.3 Å². The SMILES string of the molecule is COc1ccc(S(=O)(=O)NCC[C@H](CCO)c2ccsc2)cc1C(N)=O. The van der Waals surface area contributed by atoms with Crippen LogP contribution in [0.3, 0.4) is 0 Å². The third-order valence-electron chi connectivity index (χ3n) is 4.02. The molecular weight excluding hydrogens is 376 g/mol. The highest BCUT2D eigenvalue weighted by Gasteiger charge is 2.19. The summed E-state index contributed by atoms with van der Waals surface area (Å²) in [6.45, 7) is 0.245. The summed E-state index contributed by atoms with van der Waals surface area (Å²) < 4.78 is 32.5. The third-order valence-corrected chi connectivity index (χ3v) is 6.18. The van der Waals surface area contributed by atoms with E-state index in [1.54, 1.807) is 11.3 Å². The fraction of sp³-hybridized carbons (Fsp3) is 0.353. The first-order valence-electron chi connectivity index (χ1n) is 7.99. The fourth-order valence-corrected chi connectivity index (χ4v) is 4.45. The Morgan fingerprint density at radius 3 is 2.69 bits per heavy atom. The van der Waals surface area contributed by atoms with Gasteiger partial charge in [-0.3, -0.25) is 4.79 Å². The molecule has 0 saturated carbocycles. The van der Waals surface area contributed by atoms with Crippen LogP contribution in [0.4, 0.5) is 0 Å². The van der Waals surface area contributed by atoms with Crippen molar-refractivity contribution in [1.82, 2.24) is 4.72 Å².